The monoisotopic (exact) mass is 345 g/mol. The Balaban J connectivity index is 1.77. The number of piperidine rings is 1. The Morgan fingerprint density at radius 3 is 2.83 bits per heavy atom. The summed E-state index contributed by atoms with van der Waals surface area (Å²) < 4.78 is 1.20. The fraction of sp³-hybridized carbons (Fsp3) is 0.579. The molecular weight excluding hydrogens is 318 g/mol. The molecule has 0 aliphatic carbocycles. The number of carbonyl (C=O) groups excluding carboxylic acids is 1. The van der Waals surface area contributed by atoms with Crippen LogP contribution >= 0.6 is 11.3 Å². The molecular formula is C19H27N3OS. The molecule has 3 rings (SSSR count). The molecule has 1 saturated heterocycles. The molecule has 1 aromatic heterocycles. The number of fused-ring (bicyclic) bond motifs is 1. The summed E-state index contributed by atoms with van der Waals surface area (Å²) in [6.45, 7) is 6.19. The fourth-order valence-electron chi connectivity index (χ4n) is 3.50. The number of carbonyl (C=O) groups is 1. The van der Waals surface area contributed by atoms with Crippen molar-refractivity contribution < 1.29 is 4.79 Å². The van der Waals surface area contributed by atoms with Gasteiger partial charge in [-0.2, -0.15) is 0 Å². The van der Waals surface area contributed by atoms with E-state index in [4.69, 9.17) is 4.98 Å². The van der Waals surface area contributed by atoms with Gasteiger partial charge < -0.3 is 10.6 Å². The quantitative estimate of drug-likeness (QED) is 0.842. The van der Waals surface area contributed by atoms with Crippen LogP contribution in [0.4, 0.5) is 0 Å². The highest BCUT2D eigenvalue weighted by atomic mass is 32.1. The Bertz CT molecular complexity index is 654. The first-order chi connectivity index (χ1) is 11.7. The fourth-order valence-corrected chi connectivity index (χ4v) is 4.61. The van der Waals surface area contributed by atoms with Crippen molar-refractivity contribution in [2.24, 2.45) is 5.41 Å². The maximum atomic E-state index is 13.1. The van der Waals surface area contributed by atoms with E-state index < -0.39 is 0 Å². The van der Waals surface area contributed by atoms with Crippen LogP contribution in [0.25, 0.3) is 10.2 Å². The SMILES string of the molecule is CCC(CC)(Cc1nc2ccccc2s1)C(=O)NC1CCCNC1. The number of para-hydroxylation sites is 1. The summed E-state index contributed by atoms with van der Waals surface area (Å²) in [5, 5.41) is 7.73. The van der Waals surface area contributed by atoms with Crippen LogP contribution in [0.15, 0.2) is 24.3 Å². The number of nitrogens with one attached hydrogen (secondary N) is 2. The predicted octanol–water partition coefficient (Wildman–Crippen LogP) is 3.51. The number of rotatable bonds is 6. The number of thiazole rings is 1. The van der Waals surface area contributed by atoms with E-state index in [2.05, 4.69) is 30.5 Å². The molecule has 0 saturated carbocycles. The van der Waals surface area contributed by atoms with Crippen LogP contribution in [-0.4, -0.2) is 30.0 Å². The highest BCUT2D eigenvalue weighted by molar-refractivity contribution is 7.18. The van der Waals surface area contributed by atoms with Gasteiger partial charge >= 0.3 is 0 Å². The number of amides is 1. The molecule has 2 heterocycles. The van der Waals surface area contributed by atoms with Gasteiger partial charge in [-0.1, -0.05) is 26.0 Å². The molecule has 2 aromatic rings. The van der Waals surface area contributed by atoms with E-state index in [0.29, 0.717) is 0 Å². The summed E-state index contributed by atoms with van der Waals surface area (Å²) in [4.78, 5) is 17.8. The molecule has 1 amide bonds. The van der Waals surface area contributed by atoms with E-state index in [9.17, 15) is 4.79 Å². The summed E-state index contributed by atoms with van der Waals surface area (Å²) >= 11 is 1.71. The average molecular weight is 346 g/mol. The maximum absolute atomic E-state index is 13.1. The van der Waals surface area contributed by atoms with Crippen LogP contribution in [0.1, 0.15) is 44.5 Å². The minimum Gasteiger partial charge on any atom is -0.352 e. The summed E-state index contributed by atoms with van der Waals surface area (Å²) in [5.41, 5.74) is 0.682. The lowest BCUT2D eigenvalue weighted by Crippen LogP contribution is -2.51. The average Bonchev–Trinajstić information content (AvgIpc) is 3.02. The van der Waals surface area contributed by atoms with Gasteiger partial charge in [0.05, 0.1) is 20.6 Å². The van der Waals surface area contributed by atoms with Crippen LogP contribution in [-0.2, 0) is 11.2 Å². The molecule has 24 heavy (non-hydrogen) atoms. The van der Waals surface area contributed by atoms with Gasteiger partial charge in [-0.15, -0.1) is 11.3 Å². The van der Waals surface area contributed by atoms with Crippen molar-refractivity contribution in [1.29, 1.82) is 0 Å². The maximum Gasteiger partial charge on any atom is 0.226 e. The Morgan fingerprint density at radius 1 is 1.38 bits per heavy atom. The number of aromatic nitrogens is 1. The highest BCUT2D eigenvalue weighted by Crippen LogP contribution is 2.34. The largest absolute Gasteiger partial charge is 0.352 e. The lowest BCUT2D eigenvalue weighted by molar-refractivity contribution is -0.132. The van der Waals surface area contributed by atoms with Crippen molar-refractivity contribution in [2.45, 2.75) is 52.0 Å². The Hall–Kier alpha value is -1.46. The van der Waals surface area contributed by atoms with Crippen molar-refractivity contribution >= 4 is 27.5 Å². The van der Waals surface area contributed by atoms with Crippen molar-refractivity contribution in [2.75, 3.05) is 13.1 Å². The van der Waals surface area contributed by atoms with Crippen LogP contribution in [0, 0.1) is 5.41 Å². The molecule has 0 radical (unpaired) electrons. The number of hydrogen-bond donors (Lipinski definition) is 2. The zero-order valence-electron chi connectivity index (χ0n) is 14.6. The molecule has 5 heteroatoms. The van der Waals surface area contributed by atoms with Gasteiger partial charge in [-0.05, 0) is 44.4 Å². The number of hydrogen-bond acceptors (Lipinski definition) is 4. The molecule has 1 atom stereocenters. The molecule has 1 unspecified atom stereocenters. The zero-order valence-corrected chi connectivity index (χ0v) is 15.4. The normalized spacial score (nSPS) is 18.7. The van der Waals surface area contributed by atoms with E-state index in [-0.39, 0.29) is 17.4 Å². The minimum atomic E-state index is -0.356. The third-order valence-corrected chi connectivity index (χ3v) is 6.33. The van der Waals surface area contributed by atoms with Crippen LogP contribution in [0.3, 0.4) is 0 Å². The van der Waals surface area contributed by atoms with E-state index in [0.717, 1.165) is 55.7 Å². The topological polar surface area (TPSA) is 54.0 Å². The van der Waals surface area contributed by atoms with Crippen molar-refractivity contribution in [1.82, 2.24) is 15.6 Å². The van der Waals surface area contributed by atoms with E-state index in [1.807, 2.05) is 18.2 Å². The third-order valence-electron chi connectivity index (χ3n) is 5.30. The van der Waals surface area contributed by atoms with Gasteiger partial charge in [0.2, 0.25) is 5.91 Å². The summed E-state index contributed by atoms with van der Waals surface area (Å²) in [6, 6.07) is 8.47. The Kier molecular flexibility index (Phi) is 5.51. The highest BCUT2D eigenvalue weighted by Gasteiger charge is 2.37. The predicted molar refractivity (Wildman–Crippen MR) is 100 cm³/mol. The first-order valence-electron chi connectivity index (χ1n) is 9.03. The Morgan fingerprint density at radius 2 is 2.17 bits per heavy atom. The summed E-state index contributed by atoms with van der Waals surface area (Å²) in [7, 11) is 0. The first-order valence-corrected chi connectivity index (χ1v) is 9.84. The van der Waals surface area contributed by atoms with Gasteiger partial charge in [-0.3, -0.25) is 4.79 Å². The molecule has 0 spiro atoms. The molecule has 130 valence electrons. The molecule has 0 bridgehead atoms. The molecule has 1 aliphatic rings. The van der Waals surface area contributed by atoms with E-state index in [1.165, 1.54) is 4.70 Å². The second-order valence-corrected chi connectivity index (χ2v) is 7.87. The Labute approximate surface area is 148 Å². The van der Waals surface area contributed by atoms with Crippen molar-refractivity contribution in [3.8, 4) is 0 Å². The molecule has 2 N–H and O–H groups in total. The third kappa shape index (κ3) is 3.62. The van der Waals surface area contributed by atoms with Crippen LogP contribution < -0.4 is 10.6 Å². The second kappa shape index (κ2) is 7.62. The minimum absolute atomic E-state index is 0.195. The van der Waals surface area contributed by atoms with Gasteiger partial charge in [0, 0.05) is 19.0 Å². The zero-order chi connectivity index (χ0) is 17.0. The molecule has 1 aliphatic heterocycles. The molecule has 1 aromatic carbocycles. The van der Waals surface area contributed by atoms with Crippen molar-refractivity contribution in [3.05, 3.63) is 29.3 Å². The van der Waals surface area contributed by atoms with E-state index >= 15 is 0 Å². The standard InChI is InChI=1S/C19H27N3OS/c1-3-19(4-2,18(23)21-14-8-7-11-20-13-14)12-17-22-15-9-5-6-10-16(15)24-17/h5-6,9-10,14,20H,3-4,7-8,11-13H2,1-2H3,(H,21,23). The van der Waals surface area contributed by atoms with Crippen LogP contribution in [0.5, 0.6) is 0 Å². The van der Waals surface area contributed by atoms with E-state index in [1.54, 1.807) is 11.3 Å². The lowest BCUT2D eigenvalue weighted by Gasteiger charge is -2.33. The molecule has 4 nitrogen and oxygen atoms in total. The van der Waals surface area contributed by atoms with Crippen LogP contribution in [0.2, 0.25) is 0 Å². The summed E-state index contributed by atoms with van der Waals surface area (Å²) in [6.07, 6.45) is 4.61. The van der Waals surface area contributed by atoms with Gasteiger partial charge in [0.1, 0.15) is 0 Å². The summed E-state index contributed by atoms with van der Waals surface area (Å²) in [5.74, 6) is 0.195. The number of nitrogens with zero attached hydrogens (tertiary/aromatic N) is 1. The number of benzene rings is 1. The van der Waals surface area contributed by atoms with Gasteiger partial charge in [0.25, 0.3) is 0 Å². The lowest BCUT2D eigenvalue weighted by atomic mass is 9.78. The first kappa shape index (κ1) is 17.4. The van der Waals surface area contributed by atoms with Crippen molar-refractivity contribution in [3.63, 3.8) is 0 Å². The van der Waals surface area contributed by atoms with Gasteiger partial charge in [-0.25, -0.2) is 4.98 Å². The smallest absolute Gasteiger partial charge is 0.226 e. The molecule has 1 fully saturated rings. The van der Waals surface area contributed by atoms with Gasteiger partial charge in [0.15, 0.2) is 0 Å². The second-order valence-electron chi connectivity index (χ2n) is 6.76.